The van der Waals surface area contributed by atoms with Gasteiger partial charge in [-0.25, -0.2) is 0 Å². The summed E-state index contributed by atoms with van der Waals surface area (Å²) in [5.74, 6) is 0. The van der Waals surface area contributed by atoms with Gasteiger partial charge in [0.2, 0.25) is 0 Å². The lowest BCUT2D eigenvalue weighted by Crippen LogP contribution is -2.36. The van der Waals surface area contributed by atoms with Crippen LogP contribution in [0.3, 0.4) is 0 Å². The molecule has 2 rings (SSSR count). The van der Waals surface area contributed by atoms with Gasteiger partial charge in [-0.2, -0.15) is 13.2 Å². The number of hydrogen-bond acceptors (Lipinski definition) is 3. The Morgan fingerprint density at radius 1 is 1.12 bits per heavy atom. The fourth-order valence-corrected chi connectivity index (χ4v) is 2.39. The monoisotopic (exact) mass is 354 g/mol. The molecule has 1 unspecified atom stereocenters. The number of para-hydroxylation sites is 2. The molecule has 1 atom stereocenters. The molecule has 0 spiro atoms. The number of alkyl halides is 3. The second-order valence-corrected chi connectivity index (χ2v) is 5.51. The van der Waals surface area contributed by atoms with Gasteiger partial charge in [0.1, 0.15) is 0 Å². The third kappa shape index (κ3) is 4.59. The normalized spacial score (nSPS) is 12.5. The van der Waals surface area contributed by atoms with Crippen molar-refractivity contribution in [3.8, 4) is 0 Å². The Kier molecular flexibility index (Phi) is 5.63. The van der Waals surface area contributed by atoms with Gasteiger partial charge in [0.05, 0.1) is 23.0 Å². The number of nitrogens with two attached hydrogens (primary N) is 2. The topological polar surface area (TPSA) is 76.1 Å². The molecule has 0 aliphatic carbocycles. The standard InChI is InChI=1S/C16H17F3N4S/c17-16(18,19)11-5-3-4-10(8-11)14(9-20)23-15(24)22-13-7-2-1-6-12(13)21/h1-8,14H,9,20-21H2,(H2,22,23,24). The first kappa shape index (κ1) is 18.0. The minimum absolute atomic E-state index is 0.0768. The quantitative estimate of drug-likeness (QED) is 0.501. The number of benzene rings is 2. The van der Waals surface area contributed by atoms with E-state index in [9.17, 15) is 13.2 Å². The Bertz CT molecular complexity index is 718. The van der Waals surface area contributed by atoms with Crippen LogP contribution in [0.2, 0.25) is 0 Å². The summed E-state index contributed by atoms with van der Waals surface area (Å²) < 4.78 is 38.5. The fourth-order valence-electron chi connectivity index (χ4n) is 2.14. The van der Waals surface area contributed by atoms with Crippen molar-refractivity contribution in [2.75, 3.05) is 17.6 Å². The molecule has 6 N–H and O–H groups in total. The number of nitrogen functional groups attached to an aromatic ring is 1. The maximum absolute atomic E-state index is 12.8. The first-order chi connectivity index (χ1) is 11.3. The van der Waals surface area contributed by atoms with Crippen LogP contribution in [0.25, 0.3) is 0 Å². The van der Waals surface area contributed by atoms with Crippen molar-refractivity contribution in [3.63, 3.8) is 0 Å². The summed E-state index contributed by atoms with van der Waals surface area (Å²) in [5.41, 5.74) is 12.3. The minimum Gasteiger partial charge on any atom is -0.397 e. The molecular formula is C16H17F3N4S. The van der Waals surface area contributed by atoms with Crippen molar-refractivity contribution in [1.29, 1.82) is 0 Å². The van der Waals surface area contributed by atoms with E-state index in [0.717, 1.165) is 12.1 Å². The van der Waals surface area contributed by atoms with Gasteiger partial charge in [-0.3, -0.25) is 0 Å². The van der Waals surface area contributed by atoms with Crippen molar-refractivity contribution in [2.45, 2.75) is 12.2 Å². The maximum atomic E-state index is 12.8. The van der Waals surface area contributed by atoms with Crippen molar-refractivity contribution in [1.82, 2.24) is 5.32 Å². The zero-order valence-electron chi connectivity index (χ0n) is 12.6. The SMILES string of the molecule is NCC(NC(=S)Nc1ccccc1N)c1cccc(C(F)(F)F)c1. The Morgan fingerprint density at radius 2 is 1.83 bits per heavy atom. The fraction of sp³-hybridized carbons (Fsp3) is 0.188. The lowest BCUT2D eigenvalue weighted by molar-refractivity contribution is -0.137. The summed E-state index contributed by atoms with van der Waals surface area (Å²) in [6.45, 7) is 0.0768. The highest BCUT2D eigenvalue weighted by atomic mass is 32.1. The number of thiocarbonyl (C=S) groups is 1. The summed E-state index contributed by atoms with van der Waals surface area (Å²) in [6, 6.07) is 11.4. The van der Waals surface area contributed by atoms with Crippen LogP contribution in [0.4, 0.5) is 24.5 Å². The molecule has 0 fully saturated rings. The number of rotatable bonds is 4. The Balaban J connectivity index is 2.12. The summed E-state index contributed by atoms with van der Waals surface area (Å²) in [4.78, 5) is 0. The van der Waals surface area contributed by atoms with E-state index >= 15 is 0 Å². The Morgan fingerprint density at radius 3 is 2.46 bits per heavy atom. The molecule has 128 valence electrons. The highest BCUT2D eigenvalue weighted by Crippen LogP contribution is 2.30. The number of anilines is 2. The lowest BCUT2D eigenvalue weighted by Gasteiger charge is -2.21. The Hall–Kier alpha value is -2.32. The predicted molar refractivity (Wildman–Crippen MR) is 93.5 cm³/mol. The molecule has 0 aliphatic heterocycles. The summed E-state index contributed by atoms with van der Waals surface area (Å²) in [5, 5.41) is 6.04. The van der Waals surface area contributed by atoms with Gasteiger partial charge in [-0.1, -0.05) is 24.3 Å². The first-order valence-corrected chi connectivity index (χ1v) is 7.51. The van der Waals surface area contributed by atoms with E-state index in [4.69, 9.17) is 23.7 Å². The van der Waals surface area contributed by atoms with E-state index in [0.29, 0.717) is 16.9 Å². The van der Waals surface area contributed by atoms with Gasteiger partial charge in [-0.05, 0) is 42.0 Å². The lowest BCUT2D eigenvalue weighted by atomic mass is 10.0. The van der Waals surface area contributed by atoms with Crippen LogP contribution in [-0.2, 0) is 6.18 Å². The average Bonchev–Trinajstić information content (AvgIpc) is 2.54. The molecular weight excluding hydrogens is 337 g/mol. The number of hydrogen-bond donors (Lipinski definition) is 4. The van der Waals surface area contributed by atoms with E-state index < -0.39 is 17.8 Å². The van der Waals surface area contributed by atoms with Crippen LogP contribution in [0.5, 0.6) is 0 Å². The molecule has 0 aromatic heterocycles. The van der Waals surface area contributed by atoms with Crippen molar-refractivity contribution >= 4 is 28.7 Å². The summed E-state index contributed by atoms with van der Waals surface area (Å²) >= 11 is 5.19. The van der Waals surface area contributed by atoms with Gasteiger partial charge in [0, 0.05) is 6.54 Å². The van der Waals surface area contributed by atoms with Crippen molar-refractivity contribution in [2.24, 2.45) is 5.73 Å². The molecule has 0 radical (unpaired) electrons. The highest BCUT2D eigenvalue weighted by Gasteiger charge is 2.30. The largest absolute Gasteiger partial charge is 0.416 e. The summed E-state index contributed by atoms with van der Waals surface area (Å²) in [7, 11) is 0. The second kappa shape index (κ2) is 7.50. The molecule has 0 saturated carbocycles. The van der Waals surface area contributed by atoms with Gasteiger partial charge in [-0.15, -0.1) is 0 Å². The van der Waals surface area contributed by atoms with Crippen LogP contribution in [0.1, 0.15) is 17.2 Å². The molecule has 2 aromatic rings. The molecule has 8 heteroatoms. The Labute approximate surface area is 143 Å². The minimum atomic E-state index is -4.41. The molecule has 24 heavy (non-hydrogen) atoms. The molecule has 0 heterocycles. The van der Waals surface area contributed by atoms with E-state index in [1.165, 1.54) is 6.07 Å². The van der Waals surface area contributed by atoms with Crippen LogP contribution in [0, 0.1) is 0 Å². The molecule has 2 aromatic carbocycles. The van der Waals surface area contributed by atoms with E-state index in [1.54, 1.807) is 30.3 Å². The second-order valence-electron chi connectivity index (χ2n) is 5.10. The molecule has 0 aliphatic rings. The van der Waals surface area contributed by atoms with Crippen LogP contribution >= 0.6 is 12.2 Å². The van der Waals surface area contributed by atoms with Gasteiger partial charge >= 0.3 is 6.18 Å². The van der Waals surface area contributed by atoms with E-state index in [-0.39, 0.29) is 11.7 Å². The first-order valence-electron chi connectivity index (χ1n) is 7.10. The third-order valence-corrected chi connectivity index (χ3v) is 3.59. The van der Waals surface area contributed by atoms with Crippen LogP contribution in [-0.4, -0.2) is 11.7 Å². The van der Waals surface area contributed by atoms with Crippen molar-refractivity contribution in [3.05, 3.63) is 59.7 Å². The number of halogens is 3. The van der Waals surface area contributed by atoms with E-state index in [1.807, 2.05) is 0 Å². The van der Waals surface area contributed by atoms with Crippen LogP contribution in [0.15, 0.2) is 48.5 Å². The maximum Gasteiger partial charge on any atom is 0.416 e. The third-order valence-electron chi connectivity index (χ3n) is 3.37. The van der Waals surface area contributed by atoms with Gasteiger partial charge < -0.3 is 22.1 Å². The van der Waals surface area contributed by atoms with Crippen LogP contribution < -0.4 is 22.1 Å². The smallest absolute Gasteiger partial charge is 0.397 e. The highest BCUT2D eigenvalue weighted by molar-refractivity contribution is 7.80. The molecule has 0 bridgehead atoms. The van der Waals surface area contributed by atoms with Gasteiger partial charge in [0.15, 0.2) is 5.11 Å². The zero-order valence-corrected chi connectivity index (χ0v) is 13.4. The predicted octanol–water partition coefficient (Wildman–Crippen LogP) is 3.27. The van der Waals surface area contributed by atoms with Crippen molar-refractivity contribution < 1.29 is 13.2 Å². The molecule has 4 nitrogen and oxygen atoms in total. The average molecular weight is 354 g/mol. The molecule has 0 saturated heterocycles. The van der Waals surface area contributed by atoms with E-state index in [2.05, 4.69) is 10.6 Å². The van der Waals surface area contributed by atoms with Gasteiger partial charge in [0.25, 0.3) is 0 Å². The summed E-state index contributed by atoms with van der Waals surface area (Å²) in [6.07, 6.45) is -4.41. The molecule has 0 amide bonds. The number of nitrogens with one attached hydrogen (secondary N) is 2. The zero-order chi connectivity index (χ0) is 17.7.